The first-order chi connectivity index (χ1) is 56.4. The maximum Gasteiger partial charge on any atom is 0.221 e. The number of hydrogen-bond acceptors (Lipinski definition) is 26. The molecule has 0 aliphatic carbocycles. The number of aromatic amines is 1. The molecular weight excluding hydrogens is 1620 g/mol. The molecule has 32 heteroatoms. The van der Waals surface area contributed by atoms with Crippen molar-refractivity contribution >= 4 is 149 Å². The third-order valence-corrected chi connectivity index (χ3v) is 20.0. The van der Waals surface area contributed by atoms with Crippen molar-refractivity contribution in [1.29, 1.82) is 0 Å². The van der Waals surface area contributed by atoms with Crippen molar-refractivity contribution in [1.82, 2.24) is 79.6 Å². The van der Waals surface area contributed by atoms with Gasteiger partial charge in [0.1, 0.15) is 35.0 Å². The highest BCUT2D eigenvalue weighted by molar-refractivity contribution is 9.10. The van der Waals surface area contributed by atoms with Crippen LogP contribution >= 0.6 is 43.5 Å². The Labute approximate surface area is 680 Å². The molecule has 4 aliphatic rings. The summed E-state index contributed by atoms with van der Waals surface area (Å²) in [5.74, 6) is 5.37. The average molecular weight is 1700 g/mol. The summed E-state index contributed by atoms with van der Waals surface area (Å²) in [5.41, 5.74) is 13.8. The van der Waals surface area contributed by atoms with Crippen LogP contribution in [0.2, 0.25) is 5.15 Å². The van der Waals surface area contributed by atoms with Crippen LogP contribution in [0.15, 0.2) is 217 Å². The van der Waals surface area contributed by atoms with Crippen LogP contribution in [0.25, 0.3) is 76.6 Å². The largest absolute Gasteiger partial charge is 0.497 e. The molecule has 0 amide bonds. The van der Waals surface area contributed by atoms with Crippen molar-refractivity contribution in [2.45, 2.75) is 63.2 Å². The zero-order chi connectivity index (χ0) is 78.8. The fourth-order valence-corrected chi connectivity index (χ4v) is 13.8. The molecule has 0 unspecified atom stereocenters. The predicted molar refractivity (Wildman–Crippen MR) is 446 cm³/mol. The number of nitrogens with one attached hydrogen (secondary N) is 3. The van der Waals surface area contributed by atoms with Gasteiger partial charge in [-0.15, -0.1) is 0 Å². The van der Waals surface area contributed by atoms with Crippen molar-refractivity contribution in [2.24, 2.45) is 0 Å². The molecule has 4 fully saturated rings. The van der Waals surface area contributed by atoms with E-state index in [1.165, 1.54) is 0 Å². The summed E-state index contributed by atoms with van der Waals surface area (Å²) in [4.78, 5) is 43.1. The number of nitrogens with zero attached hydrogens (tertiary/aromatic N) is 15. The Morgan fingerprint density at radius 2 is 0.896 bits per heavy atom. The van der Waals surface area contributed by atoms with Gasteiger partial charge < -0.3 is 64.1 Å². The number of ether oxygens (including phenoxy) is 9. The van der Waals surface area contributed by atoms with Crippen LogP contribution in [0.4, 0.5) is 28.8 Å². The number of fused-ring (bicyclic) bond motifs is 7. The predicted octanol–water partition coefficient (Wildman–Crippen LogP) is 15.2. The molecule has 16 aromatic rings. The van der Waals surface area contributed by atoms with Crippen LogP contribution in [0, 0.1) is 0 Å². The van der Waals surface area contributed by atoms with E-state index in [4.69, 9.17) is 70.2 Å². The molecule has 586 valence electrons. The van der Waals surface area contributed by atoms with Gasteiger partial charge in [0, 0.05) is 130 Å². The number of hydrogen-bond donors (Lipinski definition) is 5. The van der Waals surface area contributed by atoms with E-state index < -0.39 is 0 Å². The van der Waals surface area contributed by atoms with E-state index in [0.29, 0.717) is 113 Å². The van der Waals surface area contributed by atoms with Crippen LogP contribution in [0.3, 0.4) is 0 Å². The van der Waals surface area contributed by atoms with E-state index >= 15 is 0 Å². The van der Waals surface area contributed by atoms with Gasteiger partial charge in [-0.3, -0.25) is 5.10 Å². The fourth-order valence-electron chi connectivity index (χ4n) is 12.8. The zero-order valence-corrected chi connectivity index (χ0v) is 66.3. The van der Waals surface area contributed by atoms with E-state index in [1.807, 2.05) is 138 Å². The number of nitrogen functional groups attached to an aromatic ring is 1. The Morgan fingerprint density at radius 3 is 1.39 bits per heavy atom. The minimum absolute atomic E-state index is 0.0468. The van der Waals surface area contributed by atoms with Crippen molar-refractivity contribution in [3.8, 4) is 29.1 Å². The SMILES string of the molecule is Brc1ccc2c(O[C@@H]3CCOC3)nccc2c1.COc1ccc(Cn2nc(N)c3nccnc32)cc1.COc1ccc(Cn2nc(Nc3ccc4c(O[C@@H]5CCOC5)nccc4c3)c3nccnc32)cc1.Clc1nccc2cc(Br)ccc12.O[C@@H]1CCOC1.c1cc2cc(Nc3[nH]nc4nccnc34)ccc2c(O[C@@H]2CCOC2)n1. The fraction of sp³-hybridized carbons (Fsp3) is 0.241. The van der Waals surface area contributed by atoms with Gasteiger partial charge in [0.25, 0.3) is 0 Å². The van der Waals surface area contributed by atoms with E-state index in [9.17, 15) is 0 Å². The van der Waals surface area contributed by atoms with Gasteiger partial charge in [-0.05, 0) is 154 Å². The average Bonchev–Trinajstić information content (AvgIpc) is 1.69. The number of aliphatic hydroxyl groups excluding tert-OH is 1. The zero-order valence-electron chi connectivity index (χ0n) is 62.4. The summed E-state index contributed by atoms with van der Waals surface area (Å²) in [7, 11) is 3.30. The molecule has 6 aromatic carbocycles. The molecule has 0 spiro atoms. The molecule has 20 rings (SSSR count). The molecule has 29 nitrogen and oxygen atoms in total. The summed E-state index contributed by atoms with van der Waals surface area (Å²) in [6.07, 6.45) is 20.5. The van der Waals surface area contributed by atoms with E-state index in [1.54, 1.807) is 80.9 Å². The second-order valence-corrected chi connectivity index (χ2v) is 28.8. The van der Waals surface area contributed by atoms with Crippen LogP contribution in [-0.4, -0.2) is 176 Å². The Balaban J connectivity index is 0.000000115. The van der Waals surface area contributed by atoms with Gasteiger partial charge in [0.05, 0.1) is 79.7 Å². The monoisotopic (exact) mass is 1690 g/mol. The minimum Gasteiger partial charge on any atom is -0.497 e. The first kappa shape index (κ1) is 78.3. The third kappa shape index (κ3) is 20.0. The first-order valence-corrected chi connectivity index (χ1v) is 38.9. The standard InChI is InChI=1S/C26H24N6O3.C18H16N6O2.C13H12BrNO2.C13H13N5O.C9H5BrClN.C4H8O2/c1-33-20-5-2-17(3-6-20)15-32-25-23(27-11-12-28-25)24(31-32)30-19-4-7-22-18(14-19)8-10-29-26(22)35-21-9-13-34-16-21;1-2-14-11(3-5-21-18(14)26-13-4-8-25-10-13)9-12(1)22-17-15-16(23-24-17)20-7-6-19-15;14-10-1-2-12-9(7-10)3-5-15-13(12)17-11-4-6-16-8-11;1-19-10-4-2-9(3-5-10)8-18-13-11(12(14)17-18)15-6-7-16-13;10-7-1-2-8-6(5-7)3-4-12-9(8)11;5-4-1-2-6-3-4/h2-8,10-12,14,21H,9,13,15-16H2,1H3,(H,30,31);1-3,5-7,9,13H,4,8,10H2,(H2,20,22,23,24);1-3,5,7,11H,4,6,8H2;2-7H,8H2,1H3,(H2,14,17);1-5H;4-5H,1-3H2/t21-;13-;11-;;;4-/m111..1/s1. The molecule has 0 radical (unpaired) electrons. The highest BCUT2D eigenvalue weighted by Gasteiger charge is 2.23. The lowest BCUT2D eigenvalue weighted by Gasteiger charge is -2.13. The summed E-state index contributed by atoms with van der Waals surface area (Å²) in [6, 6.07) is 47.7. The number of methoxy groups -OCH3 is 2. The second-order valence-electron chi connectivity index (χ2n) is 26.7. The number of anilines is 5. The number of rotatable bonds is 16. The lowest BCUT2D eigenvalue weighted by Crippen LogP contribution is -2.16. The summed E-state index contributed by atoms with van der Waals surface area (Å²) in [5, 5.41) is 40.3. The highest BCUT2D eigenvalue weighted by Crippen LogP contribution is 2.34. The van der Waals surface area contributed by atoms with Gasteiger partial charge in [-0.25, -0.2) is 59.2 Å². The highest BCUT2D eigenvalue weighted by atomic mass is 79.9. The Hall–Kier alpha value is -11.9. The van der Waals surface area contributed by atoms with Gasteiger partial charge in [0.2, 0.25) is 23.3 Å². The molecule has 4 atom stereocenters. The van der Waals surface area contributed by atoms with E-state index in [-0.39, 0.29) is 24.4 Å². The van der Waals surface area contributed by atoms with Gasteiger partial charge in [-0.1, -0.05) is 73.8 Å². The van der Waals surface area contributed by atoms with Crippen molar-refractivity contribution in [2.75, 3.05) is 83.4 Å². The summed E-state index contributed by atoms with van der Waals surface area (Å²) >= 11 is 12.7. The third-order valence-electron chi connectivity index (χ3n) is 18.7. The summed E-state index contributed by atoms with van der Waals surface area (Å²) < 4.78 is 55.0. The van der Waals surface area contributed by atoms with Crippen molar-refractivity contribution < 1.29 is 47.7 Å². The number of aromatic nitrogens is 16. The van der Waals surface area contributed by atoms with Gasteiger partial charge in [0.15, 0.2) is 45.3 Å². The van der Waals surface area contributed by atoms with Crippen molar-refractivity contribution in [3.05, 3.63) is 233 Å². The van der Waals surface area contributed by atoms with Crippen LogP contribution < -0.4 is 40.1 Å². The quantitative estimate of drug-likeness (QED) is 0.0561. The molecule has 115 heavy (non-hydrogen) atoms. The lowest BCUT2D eigenvalue weighted by molar-refractivity contribution is 0.127. The van der Waals surface area contributed by atoms with Crippen molar-refractivity contribution in [3.63, 3.8) is 0 Å². The van der Waals surface area contributed by atoms with Crippen LogP contribution in [-0.2, 0) is 32.0 Å². The topological polar surface area (TPSA) is 347 Å². The number of halogens is 3. The number of nitrogens with two attached hydrogens (primary N) is 1. The molecular formula is C83H78Br2ClN19O10. The number of benzene rings is 6. The summed E-state index contributed by atoms with van der Waals surface area (Å²) in [6.45, 7) is 6.57. The van der Waals surface area contributed by atoms with Gasteiger partial charge in [-0.2, -0.15) is 15.3 Å². The maximum absolute atomic E-state index is 8.60. The normalized spacial score (nSPS) is 16.2. The van der Waals surface area contributed by atoms with Crippen LogP contribution in [0.5, 0.6) is 29.1 Å². The lowest BCUT2D eigenvalue weighted by atomic mass is 10.1. The second kappa shape index (κ2) is 37.8. The molecule has 4 aliphatic heterocycles. The smallest absolute Gasteiger partial charge is 0.221 e. The van der Waals surface area contributed by atoms with Crippen LogP contribution in [0.1, 0.15) is 36.8 Å². The Bertz CT molecular complexity index is 5950. The molecule has 6 N–H and O–H groups in total. The molecule has 10 aromatic heterocycles. The number of aliphatic hydroxyl groups is 1. The maximum atomic E-state index is 8.60. The minimum atomic E-state index is -0.176. The number of H-pyrrole nitrogens is 1. The molecule has 0 bridgehead atoms. The van der Waals surface area contributed by atoms with Gasteiger partial charge >= 0.3 is 0 Å². The Kier molecular flexibility index (Phi) is 25.7. The first-order valence-electron chi connectivity index (χ1n) is 37.0. The number of pyridine rings is 4. The Morgan fingerprint density at radius 1 is 0.461 bits per heavy atom. The van der Waals surface area contributed by atoms with E-state index in [2.05, 4.69) is 120 Å². The molecule has 0 saturated carbocycles. The molecule has 4 saturated heterocycles. The van der Waals surface area contributed by atoms with E-state index in [0.717, 1.165) is 138 Å². The molecule has 14 heterocycles.